The zero-order valence-electron chi connectivity index (χ0n) is 17.0. The van der Waals surface area contributed by atoms with Crippen LogP contribution in [0.25, 0.3) is 0 Å². The molecule has 0 bridgehead atoms. The summed E-state index contributed by atoms with van der Waals surface area (Å²) in [6.07, 6.45) is 9.28. The fraction of sp³-hybridized carbons (Fsp3) is 0.550. The lowest BCUT2D eigenvalue weighted by atomic mass is 9.98. The average Bonchev–Trinajstić information content (AvgIpc) is 2.73. The summed E-state index contributed by atoms with van der Waals surface area (Å²) in [6.45, 7) is 3.09. The lowest BCUT2D eigenvalue weighted by molar-refractivity contribution is 0.0696. The first kappa shape index (κ1) is 19.5. The first-order valence-corrected chi connectivity index (χ1v) is 10.1. The molecule has 29 heavy (non-hydrogen) atoms. The normalized spacial score (nSPS) is 19.3. The summed E-state index contributed by atoms with van der Waals surface area (Å²) in [5.74, 6) is 0.347. The third-order valence-corrected chi connectivity index (χ3v) is 5.53. The van der Waals surface area contributed by atoms with Crippen LogP contribution >= 0.6 is 0 Å². The number of aryl methyl sites for hydroxylation is 2. The van der Waals surface area contributed by atoms with Crippen molar-refractivity contribution < 1.29 is 9.90 Å². The Labute approximate surface area is 170 Å². The van der Waals surface area contributed by atoms with E-state index in [4.69, 9.17) is 10.1 Å². The minimum Gasteiger partial charge on any atom is -0.478 e. The number of piperazine rings is 1. The largest absolute Gasteiger partial charge is 0.478 e. The standard InChI is InChI=1S/C20H27N7O2/c1-25(2)12-16-13-26(20-23-9-14-5-3-4-6-17(14)24-20)7-8-27(16)19-21-10-15(11-22-19)18(28)29/h9-11,16H,3-8,12-13H2,1-2H3,(H,28,29)/t16-/m0/s1. The molecular formula is C20H27N7O2. The van der Waals surface area contributed by atoms with Crippen LogP contribution in [-0.4, -0.2) is 82.2 Å². The second-order valence-electron chi connectivity index (χ2n) is 7.98. The molecule has 1 aliphatic heterocycles. The third kappa shape index (κ3) is 4.29. The Morgan fingerprint density at radius 1 is 1.10 bits per heavy atom. The lowest BCUT2D eigenvalue weighted by Gasteiger charge is -2.42. The molecule has 1 aliphatic carbocycles. The Kier molecular flexibility index (Phi) is 5.57. The van der Waals surface area contributed by atoms with Gasteiger partial charge in [-0.05, 0) is 45.3 Å². The number of hydrogen-bond donors (Lipinski definition) is 1. The monoisotopic (exact) mass is 397 g/mol. The van der Waals surface area contributed by atoms with Gasteiger partial charge in [-0.15, -0.1) is 0 Å². The molecule has 2 aromatic rings. The van der Waals surface area contributed by atoms with Crippen molar-refractivity contribution in [1.82, 2.24) is 24.8 Å². The molecule has 0 unspecified atom stereocenters. The van der Waals surface area contributed by atoms with Crippen LogP contribution in [0.1, 0.15) is 34.5 Å². The molecule has 0 aromatic carbocycles. The van der Waals surface area contributed by atoms with Crippen LogP contribution in [0.2, 0.25) is 0 Å². The van der Waals surface area contributed by atoms with Gasteiger partial charge in [-0.2, -0.15) is 0 Å². The lowest BCUT2D eigenvalue weighted by Crippen LogP contribution is -2.57. The molecule has 0 saturated carbocycles. The minimum absolute atomic E-state index is 0.0963. The van der Waals surface area contributed by atoms with E-state index in [0.717, 1.165) is 45.0 Å². The summed E-state index contributed by atoms with van der Waals surface area (Å²) < 4.78 is 0. The molecule has 1 fully saturated rings. The van der Waals surface area contributed by atoms with Crippen molar-refractivity contribution in [3.05, 3.63) is 35.4 Å². The van der Waals surface area contributed by atoms with Gasteiger partial charge in [-0.3, -0.25) is 0 Å². The number of fused-ring (bicyclic) bond motifs is 1. The van der Waals surface area contributed by atoms with Crippen LogP contribution in [0, 0.1) is 0 Å². The smallest absolute Gasteiger partial charge is 0.338 e. The molecule has 3 heterocycles. The van der Waals surface area contributed by atoms with E-state index in [1.54, 1.807) is 0 Å². The summed E-state index contributed by atoms with van der Waals surface area (Å²) in [5.41, 5.74) is 2.58. The number of carbonyl (C=O) groups is 1. The molecule has 0 radical (unpaired) electrons. The summed E-state index contributed by atoms with van der Waals surface area (Å²) in [5, 5.41) is 9.08. The van der Waals surface area contributed by atoms with E-state index in [9.17, 15) is 4.79 Å². The van der Waals surface area contributed by atoms with Crippen molar-refractivity contribution in [2.75, 3.05) is 50.1 Å². The second kappa shape index (κ2) is 8.28. The maximum Gasteiger partial charge on any atom is 0.338 e. The van der Waals surface area contributed by atoms with Gasteiger partial charge in [-0.1, -0.05) is 0 Å². The van der Waals surface area contributed by atoms with Gasteiger partial charge in [0, 0.05) is 50.5 Å². The first-order chi connectivity index (χ1) is 14.0. The van der Waals surface area contributed by atoms with Crippen molar-refractivity contribution >= 4 is 17.9 Å². The zero-order valence-corrected chi connectivity index (χ0v) is 17.0. The van der Waals surface area contributed by atoms with E-state index >= 15 is 0 Å². The highest BCUT2D eigenvalue weighted by molar-refractivity contribution is 5.86. The molecule has 1 saturated heterocycles. The predicted molar refractivity (Wildman–Crippen MR) is 110 cm³/mol. The van der Waals surface area contributed by atoms with Crippen LogP contribution in [0.15, 0.2) is 18.6 Å². The van der Waals surface area contributed by atoms with E-state index in [2.05, 4.69) is 29.7 Å². The van der Waals surface area contributed by atoms with Crippen LogP contribution in [0.4, 0.5) is 11.9 Å². The third-order valence-electron chi connectivity index (χ3n) is 5.53. The Balaban J connectivity index is 1.54. The quantitative estimate of drug-likeness (QED) is 0.795. The van der Waals surface area contributed by atoms with Crippen molar-refractivity contribution in [2.45, 2.75) is 31.7 Å². The van der Waals surface area contributed by atoms with Gasteiger partial charge in [0.05, 0.1) is 11.6 Å². The van der Waals surface area contributed by atoms with E-state index in [0.29, 0.717) is 5.95 Å². The number of carboxylic acid groups (broad SMARTS) is 1. The summed E-state index contributed by atoms with van der Waals surface area (Å²) >= 11 is 0. The van der Waals surface area contributed by atoms with E-state index in [1.165, 1.54) is 36.5 Å². The van der Waals surface area contributed by atoms with Crippen LogP contribution in [0.5, 0.6) is 0 Å². The van der Waals surface area contributed by atoms with Crippen molar-refractivity contribution in [2.24, 2.45) is 0 Å². The maximum absolute atomic E-state index is 11.1. The number of hydrogen-bond acceptors (Lipinski definition) is 8. The zero-order chi connectivity index (χ0) is 20.4. The molecule has 0 spiro atoms. The highest BCUT2D eigenvalue weighted by Crippen LogP contribution is 2.24. The number of aromatic carboxylic acids is 1. The van der Waals surface area contributed by atoms with E-state index < -0.39 is 5.97 Å². The number of nitrogens with zero attached hydrogens (tertiary/aromatic N) is 7. The fourth-order valence-electron chi connectivity index (χ4n) is 4.08. The van der Waals surface area contributed by atoms with Gasteiger partial charge in [0.2, 0.25) is 11.9 Å². The Morgan fingerprint density at radius 3 is 2.55 bits per heavy atom. The molecule has 2 aliphatic rings. The number of rotatable bonds is 5. The highest BCUT2D eigenvalue weighted by Gasteiger charge is 2.31. The van der Waals surface area contributed by atoms with E-state index in [-0.39, 0.29) is 11.6 Å². The number of aromatic nitrogens is 4. The van der Waals surface area contributed by atoms with Gasteiger partial charge in [-0.25, -0.2) is 24.7 Å². The van der Waals surface area contributed by atoms with Crippen molar-refractivity contribution in [3.63, 3.8) is 0 Å². The number of carboxylic acids is 1. The molecule has 4 rings (SSSR count). The molecule has 9 nitrogen and oxygen atoms in total. The molecule has 2 aromatic heterocycles. The van der Waals surface area contributed by atoms with Gasteiger partial charge in [0.15, 0.2) is 0 Å². The Bertz CT molecular complexity index is 872. The summed E-state index contributed by atoms with van der Waals surface area (Å²) in [7, 11) is 4.09. The molecule has 1 atom stereocenters. The fourth-order valence-corrected chi connectivity index (χ4v) is 4.08. The average molecular weight is 397 g/mol. The molecule has 1 N–H and O–H groups in total. The number of anilines is 2. The SMILES string of the molecule is CN(C)C[C@H]1CN(c2ncc3c(n2)CCCC3)CCN1c1ncc(C(=O)O)cn1. The molecular weight excluding hydrogens is 370 g/mol. The molecule has 9 heteroatoms. The second-order valence-corrected chi connectivity index (χ2v) is 7.98. The van der Waals surface area contributed by atoms with Crippen LogP contribution in [-0.2, 0) is 12.8 Å². The minimum atomic E-state index is -1.02. The van der Waals surface area contributed by atoms with Crippen molar-refractivity contribution in [1.29, 1.82) is 0 Å². The van der Waals surface area contributed by atoms with Gasteiger partial charge in [0.1, 0.15) is 0 Å². The summed E-state index contributed by atoms with van der Waals surface area (Å²) in [6, 6.07) is 0.147. The van der Waals surface area contributed by atoms with Gasteiger partial charge < -0.3 is 19.8 Å². The Morgan fingerprint density at radius 2 is 1.83 bits per heavy atom. The van der Waals surface area contributed by atoms with Crippen LogP contribution < -0.4 is 9.80 Å². The van der Waals surface area contributed by atoms with E-state index in [1.807, 2.05) is 20.3 Å². The highest BCUT2D eigenvalue weighted by atomic mass is 16.4. The van der Waals surface area contributed by atoms with Gasteiger partial charge >= 0.3 is 5.97 Å². The first-order valence-electron chi connectivity index (χ1n) is 10.1. The molecule has 154 valence electrons. The van der Waals surface area contributed by atoms with Crippen LogP contribution in [0.3, 0.4) is 0 Å². The predicted octanol–water partition coefficient (Wildman–Crippen LogP) is 1.10. The maximum atomic E-state index is 11.1. The van der Waals surface area contributed by atoms with Crippen molar-refractivity contribution in [3.8, 4) is 0 Å². The summed E-state index contributed by atoms with van der Waals surface area (Å²) in [4.78, 5) is 35.7. The number of likely N-dealkylation sites (N-methyl/N-ethyl adjacent to an activating group) is 1. The van der Waals surface area contributed by atoms with Gasteiger partial charge in [0.25, 0.3) is 0 Å². The Hall–Kier alpha value is -2.81. The topological polar surface area (TPSA) is 98.6 Å². The molecule has 0 amide bonds.